The van der Waals surface area contributed by atoms with Crippen LogP contribution in [0, 0.1) is 0 Å². The Morgan fingerprint density at radius 3 is 2.50 bits per heavy atom. The van der Waals surface area contributed by atoms with E-state index in [1.807, 2.05) is 6.07 Å². The van der Waals surface area contributed by atoms with E-state index in [-0.39, 0.29) is 5.54 Å². The molecule has 1 saturated heterocycles. The van der Waals surface area contributed by atoms with Crippen LogP contribution in [0.3, 0.4) is 0 Å². The van der Waals surface area contributed by atoms with E-state index in [0.717, 1.165) is 11.4 Å². The second-order valence-corrected chi connectivity index (χ2v) is 6.55. The summed E-state index contributed by atoms with van der Waals surface area (Å²) in [5.74, 6) is 0. The van der Waals surface area contributed by atoms with Gasteiger partial charge in [0, 0.05) is 17.6 Å². The Morgan fingerprint density at radius 2 is 1.82 bits per heavy atom. The van der Waals surface area contributed by atoms with E-state index in [1.54, 1.807) is 0 Å². The van der Waals surface area contributed by atoms with Gasteiger partial charge >= 0.3 is 0 Å². The van der Waals surface area contributed by atoms with Gasteiger partial charge in [0.1, 0.15) is 0 Å². The van der Waals surface area contributed by atoms with Crippen molar-refractivity contribution in [3.05, 3.63) is 64.7 Å². The van der Waals surface area contributed by atoms with E-state index in [9.17, 15) is 0 Å². The van der Waals surface area contributed by atoms with E-state index in [2.05, 4.69) is 78.4 Å². The molecular weight excluding hydrogens is 294 g/mol. The maximum absolute atomic E-state index is 6.34. The number of nitrogens with zero attached hydrogens (tertiary/aromatic N) is 3. The molecule has 3 atom stereocenters. The molecule has 2 aliphatic heterocycles. The largest absolute Gasteiger partial charge is 0.270 e. The number of hydrogen-bond acceptors (Lipinski definition) is 3. The molecule has 1 fully saturated rings. The Labute approximate surface area is 136 Å². The lowest BCUT2D eigenvalue weighted by molar-refractivity contribution is 0.119. The Hall–Kier alpha value is -1.55. The van der Waals surface area contributed by atoms with Crippen LogP contribution in [0.5, 0.6) is 0 Å². The van der Waals surface area contributed by atoms with Crippen molar-refractivity contribution in [1.29, 1.82) is 0 Å². The summed E-state index contributed by atoms with van der Waals surface area (Å²) in [4.78, 5) is 2.46. The Kier molecular flexibility index (Phi) is 3.02. The van der Waals surface area contributed by atoms with Crippen molar-refractivity contribution < 1.29 is 0 Å². The first-order valence-corrected chi connectivity index (χ1v) is 8.09. The standard InChI is InChI=1S/C18H20ClN3/c1-4-18(13-8-6-5-7-9-13)15-12-14(19)10-11-16(15)22-17(20(18)2)21(22)3/h5-12,17H,4H2,1-3H3. The second-order valence-electron chi connectivity index (χ2n) is 6.12. The lowest BCUT2D eigenvalue weighted by atomic mass is 9.77. The molecule has 114 valence electrons. The van der Waals surface area contributed by atoms with E-state index in [0.29, 0.717) is 6.29 Å². The van der Waals surface area contributed by atoms with Crippen molar-refractivity contribution in [2.45, 2.75) is 25.2 Å². The van der Waals surface area contributed by atoms with Gasteiger partial charge in [0.2, 0.25) is 0 Å². The lowest BCUT2D eigenvalue weighted by Gasteiger charge is -2.45. The quantitative estimate of drug-likeness (QED) is 0.779. The minimum Gasteiger partial charge on any atom is -0.270 e. The minimum atomic E-state index is -0.145. The molecule has 2 aliphatic rings. The topological polar surface area (TPSA) is 9.26 Å². The third kappa shape index (κ3) is 1.64. The number of hydrogen-bond donors (Lipinski definition) is 0. The molecule has 2 aromatic carbocycles. The number of rotatable bonds is 2. The molecule has 0 aliphatic carbocycles. The van der Waals surface area contributed by atoms with Crippen LogP contribution in [0.25, 0.3) is 0 Å². The van der Waals surface area contributed by atoms with Gasteiger partial charge in [-0.05, 0) is 37.2 Å². The van der Waals surface area contributed by atoms with E-state index >= 15 is 0 Å². The van der Waals surface area contributed by atoms with Crippen LogP contribution in [-0.4, -0.2) is 30.3 Å². The highest BCUT2D eigenvalue weighted by Gasteiger charge is 2.58. The molecule has 4 rings (SSSR count). The second kappa shape index (κ2) is 4.72. The van der Waals surface area contributed by atoms with Crippen molar-refractivity contribution in [3.63, 3.8) is 0 Å². The summed E-state index contributed by atoms with van der Waals surface area (Å²) in [6, 6.07) is 17.0. The molecule has 0 amide bonds. The minimum absolute atomic E-state index is 0.145. The maximum atomic E-state index is 6.34. The van der Waals surface area contributed by atoms with Gasteiger partial charge in [0.25, 0.3) is 0 Å². The van der Waals surface area contributed by atoms with Crippen LogP contribution < -0.4 is 5.01 Å². The van der Waals surface area contributed by atoms with Crippen LogP contribution in [0.1, 0.15) is 24.5 Å². The zero-order valence-electron chi connectivity index (χ0n) is 13.1. The van der Waals surface area contributed by atoms with Gasteiger partial charge in [-0.15, -0.1) is 0 Å². The Bertz CT molecular complexity index is 718. The SMILES string of the molecule is CCC1(c2ccccc2)c2cc(Cl)ccc2N2C(N2C)N1C. The fraction of sp³-hybridized carbons (Fsp3) is 0.333. The van der Waals surface area contributed by atoms with Crippen molar-refractivity contribution in [3.8, 4) is 0 Å². The van der Waals surface area contributed by atoms with Gasteiger partial charge in [-0.2, -0.15) is 5.01 Å². The van der Waals surface area contributed by atoms with Crippen molar-refractivity contribution in [1.82, 2.24) is 9.91 Å². The molecule has 22 heavy (non-hydrogen) atoms. The number of benzene rings is 2. The average molecular weight is 314 g/mol. The fourth-order valence-corrected chi connectivity index (χ4v) is 4.27. The van der Waals surface area contributed by atoms with Crippen LogP contribution in [0.4, 0.5) is 5.69 Å². The summed E-state index contributed by atoms with van der Waals surface area (Å²) in [5.41, 5.74) is 3.73. The molecule has 2 heterocycles. The zero-order valence-corrected chi connectivity index (χ0v) is 13.9. The highest BCUT2D eigenvalue weighted by atomic mass is 35.5. The predicted octanol–water partition coefficient (Wildman–Crippen LogP) is 3.89. The molecular formula is C18H20ClN3. The fourth-order valence-electron chi connectivity index (χ4n) is 4.09. The zero-order chi connectivity index (χ0) is 15.5. The highest BCUT2D eigenvalue weighted by molar-refractivity contribution is 6.30. The smallest absolute Gasteiger partial charge is 0.171 e. The van der Waals surface area contributed by atoms with Crippen molar-refractivity contribution >= 4 is 17.3 Å². The summed E-state index contributed by atoms with van der Waals surface area (Å²) in [6.07, 6.45) is 1.31. The van der Waals surface area contributed by atoms with Crippen LogP contribution in [0.15, 0.2) is 48.5 Å². The predicted molar refractivity (Wildman–Crippen MR) is 90.8 cm³/mol. The number of hydrazine groups is 1. The van der Waals surface area contributed by atoms with E-state index < -0.39 is 0 Å². The molecule has 2 aromatic rings. The maximum Gasteiger partial charge on any atom is 0.171 e. The summed E-state index contributed by atoms with van der Waals surface area (Å²) >= 11 is 6.34. The summed E-state index contributed by atoms with van der Waals surface area (Å²) < 4.78 is 0. The number of fused-ring (bicyclic) bond motifs is 3. The van der Waals surface area contributed by atoms with Gasteiger partial charge in [-0.1, -0.05) is 48.9 Å². The van der Waals surface area contributed by atoms with Gasteiger partial charge in [-0.25, -0.2) is 0 Å². The van der Waals surface area contributed by atoms with Gasteiger partial charge in [-0.3, -0.25) is 9.91 Å². The number of anilines is 1. The molecule has 4 heteroatoms. The summed E-state index contributed by atoms with van der Waals surface area (Å²) in [6.45, 7) is 2.26. The van der Waals surface area contributed by atoms with Crippen molar-refractivity contribution in [2.24, 2.45) is 0 Å². The Balaban J connectivity index is 2.01. The normalized spacial score (nSPS) is 29.9. The van der Waals surface area contributed by atoms with E-state index in [4.69, 9.17) is 11.6 Å². The molecule has 3 unspecified atom stereocenters. The molecule has 0 spiro atoms. The molecule has 0 radical (unpaired) electrons. The third-order valence-electron chi connectivity index (χ3n) is 5.20. The van der Waals surface area contributed by atoms with E-state index in [1.165, 1.54) is 16.8 Å². The van der Waals surface area contributed by atoms with Gasteiger partial charge in [0.05, 0.1) is 11.2 Å². The first kappa shape index (κ1) is 14.1. The average Bonchev–Trinajstić information content (AvgIpc) is 3.21. The lowest BCUT2D eigenvalue weighted by Crippen LogP contribution is -2.50. The van der Waals surface area contributed by atoms with Crippen LogP contribution >= 0.6 is 11.6 Å². The first-order valence-electron chi connectivity index (χ1n) is 7.71. The number of halogens is 1. The molecule has 0 N–H and O–H groups in total. The molecule has 3 nitrogen and oxygen atoms in total. The van der Waals surface area contributed by atoms with Crippen LogP contribution in [-0.2, 0) is 5.54 Å². The highest BCUT2D eigenvalue weighted by Crippen LogP contribution is 2.54. The molecule has 0 saturated carbocycles. The van der Waals surface area contributed by atoms with Crippen LogP contribution in [0.2, 0.25) is 5.02 Å². The van der Waals surface area contributed by atoms with Gasteiger partial charge < -0.3 is 0 Å². The monoisotopic (exact) mass is 313 g/mol. The summed E-state index contributed by atoms with van der Waals surface area (Å²) in [7, 11) is 4.35. The molecule has 0 bridgehead atoms. The summed E-state index contributed by atoms with van der Waals surface area (Å²) in [5, 5.41) is 5.39. The third-order valence-corrected chi connectivity index (χ3v) is 5.44. The first-order chi connectivity index (χ1) is 10.6. The van der Waals surface area contributed by atoms with Crippen molar-refractivity contribution in [2.75, 3.05) is 19.1 Å². The molecule has 0 aromatic heterocycles. The van der Waals surface area contributed by atoms with Gasteiger partial charge in [0.15, 0.2) is 6.29 Å². The Morgan fingerprint density at radius 1 is 1.09 bits per heavy atom.